The van der Waals surface area contributed by atoms with Gasteiger partial charge in [0, 0.05) is 16.6 Å². The summed E-state index contributed by atoms with van der Waals surface area (Å²) in [7, 11) is 0. The number of benzene rings is 1. The van der Waals surface area contributed by atoms with Crippen LogP contribution in [0.15, 0.2) is 0 Å². The summed E-state index contributed by atoms with van der Waals surface area (Å²) < 4.78 is 64.6. The van der Waals surface area contributed by atoms with Crippen LogP contribution >= 0.6 is 11.8 Å². The maximum Gasteiger partial charge on any atom is 0.200 e. The molecule has 0 radical (unpaired) electrons. The van der Waals surface area contributed by atoms with Gasteiger partial charge in [0.1, 0.15) is 0 Å². The molecule has 0 saturated heterocycles. The van der Waals surface area contributed by atoms with Crippen molar-refractivity contribution in [2.45, 2.75) is 17.9 Å². The normalized spacial score (nSPS) is 12.9. The van der Waals surface area contributed by atoms with Gasteiger partial charge in [-0.2, -0.15) is 11.8 Å². The molecule has 17 heavy (non-hydrogen) atoms. The molecular formula is C10H9F5OS. The predicted molar refractivity (Wildman–Crippen MR) is 54.1 cm³/mol. The van der Waals surface area contributed by atoms with Crippen LogP contribution in [0.1, 0.15) is 12.5 Å². The van der Waals surface area contributed by atoms with Crippen LogP contribution in [-0.4, -0.2) is 17.0 Å². The standard InChI is InChI=1S/C10H9F5OS/c1-4(2-16)17-3-5-6(11)8(13)10(15)9(14)7(5)12/h4,16H,2-3H2,1H3. The maximum atomic E-state index is 13.2. The molecule has 0 fully saturated rings. The average molecular weight is 272 g/mol. The smallest absolute Gasteiger partial charge is 0.200 e. The van der Waals surface area contributed by atoms with E-state index in [1.807, 2.05) is 0 Å². The Morgan fingerprint density at radius 3 is 1.76 bits per heavy atom. The third kappa shape index (κ3) is 2.90. The average Bonchev–Trinajstić information content (AvgIpc) is 2.33. The molecule has 1 unspecified atom stereocenters. The van der Waals surface area contributed by atoms with Gasteiger partial charge >= 0.3 is 0 Å². The molecule has 1 aromatic carbocycles. The number of halogens is 5. The van der Waals surface area contributed by atoms with Gasteiger partial charge in [-0.25, -0.2) is 22.0 Å². The highest BCUT2D eigenvalue weighted by Gasteiger charge is 2.25. The summed E-state index contributed by atoms with van der Waals surface area (Å²) in [6, 6.07) is 0. The van der Waals surface area contributed by atoms with Crippen LogP contribution in [0.25, 0.3) is 0 Å². The van der Waals surface area contributed by atoms with Gasteiger partial charge < -0.3 is 5.11 Å². The molecule has 1 rings (SSSR count). The lowest BCUT2D eigenvalue weighted by Gasteiger charge is -2.10. The highest BCUT2D eigenvalue weighted by atomic mass is 32.2. The highest BCUT2D eigenvalue weighted by molar-refractivity contribution is 7.99. The maximum absolute atomic E-state index is 13.2. The van der Waals surface area contributed by atoms with E-state index >= 15 is 0 Å². The third-order valence-corrected chi connectivity index (χ3v) is 3.24. The van der Waals surface area contributed by atoms with Crippen molar-refractivity contribution in [2.75, 3.05) is 6.61 Å². The van der Waals surface area contributed by atoms with Crippen LogP contribution in [0, 0.1) is 29.1 Å². The van der Waals surface area contributed by atoms with Crippen molar-refractivity contribution in [3.8, 4) is 0 Å². The molecule has 1 nitrogen and oxygen atoms in total. The van der Waals surface area contributed by atoms with Crippen molar-refractivity contribution in [3.63, 3.8) is 0 Å². The molecule has 0 spiro atoms. The number of thioether (sulfide) groups is 1. The second-order valence-electron chi connectivity index (χ2n) is 3.35. The molecule has 96 valence electrons. The Balaban J connectivity index is 3.07. The minimum absolute atomic E-state index is 0.250. The van der Waals surface area contributed by atoms with Crippen molar-refractivity contribution in [3.05, 3.63) is 34.6 Å². The molecule has 0 heterocycles. The molecule has 0 saturated carbocycles. The van der Waals surface area contributed by atoms with Crippen LogP contribution in [0.4, 0.5) is 22.0 Å². The summed E-state index contributed by atoms with van der Waals surface area (Å²) in [6.45, 7) is 1.32. The monoisotopic (exact) mass is 272 g/mol. The Morgan fingerprint density at radius 2 is 1.35 bits per heavy atom. The first-order valence-corrected chi connectivity index (χ1v) is 5.67. The van der Waals surface area contributed by atoms with Gasteiger partial charge in [0.15, 0.2) is 23.3 Å². The zero-order valence-electron chi connectivity index (χ0n) is 8.74. The van der Waals surface area contributed by atoms with Gasteiger partial charge in [-0.1, -0.05) is 6.92 Å². The Bertz CT molecular complexity index is 395. The van der Waals surface area contributed by atoms with E-state index in [0.29, 0.717) is 0 Å². The van der Waals surface area contributed by atoms with E-state index in [2.05, 4.69) is 0 Å². The number of aliphatic hydroxyl groups is 1. The van der Waals surface area contributed by atoms with Crippen molar-refractivity contribution >= 4 is 11.8 Å². The van der Waals surface area contributed by atoms with E-state index in [1.165, 1.54) is 0 Å². The summed E-state index contributed by atoms with van der Waals surface area (Å²) >= 11 is 0.895. The number of hydrogen-bond acceptors (Lipinski definition) is 2. The van der Waals surface area contributed by atoms with Gasteiger partial charge in [-0.15, -0.1) is 0 Å². The first-order valence-electron chi connectivity index (χ1n) is 4.62. The van der Waals surface area contributed by atoms with Gasteiger partial charge in [-0.3, -0.25) is 0 Å². The van der Waals surface area contributed by atoms with Gasteiger partial charge in [0.25, 0.3) is 0 Å². The lowest BCUT2D eigenvalue weighted by Crippen LogP contribution is -2.08. The molecule has 7 heteroatoms. The number of rotatable bonds is 4. The summed E-state index contributed by atoms with van der Waals surface area (Å²) in [4.78, 5) is 0. The lowest BCUT2D eigenvalue weighted by molar-refractivity contribution is 0.300. The topological polar surface area (TPSA) is 20.2 Å². The lowest BCUT2D eigenvalue weighted by atomic mass is 10.2. The molecular weight excluding hydrogens is 263 g/mol. The zero-order chi connectivity index (χ0) is 13.2. The summed E-state index contributed by atoms with van der Waals surface area (Å²) in [5.41, 5.74) is -0.869. The van der Waals surface area contributed by atoms with E-state index in [0.717, 1.165) is 11.8 Å². The molecule has 0 aliphatic rings. The van der Waals surface area contributed by atoms with Crippen molar-refractivity contribution < 1.29 is 27.1 Å². The van der Waals surface area contributed by atoms with Crippen LogP contribution in [0.5, 0.6) is 0 Å². The van der Waals surface area contributed by atoms with Crippen LogP contribution in [0.3, 0.4) is 0 Å². The quantitative estimate of drug-likeness (QED) is 0.516. The molecule has 1 N–H and O–H groups in total. The summed E-state index contributed by atoms with van der Waals surface area (Å²) in [5, 5.41) is 8.33. The molecule has 0 aliphatic heterocycles. The van der Waals surface area contributed by atoms with Crippen LogP contribution < -0.4 is 0 Å². The Kier molecular flexibility index (Phi) is 4.76. The SMILES string of the molecule is CC(CO)SCc1c(F)c(F)c(F)c(F)c1F. The predicted octanol–water partition coefficient (Wildman–Crippen LogP) is 3.00. The van der Waals surface area contributed by atoms with Crippen molar-refractivity contribution in [1.82, 2.24) is 0 Å². The summed E-state index contributed by atoms with van der Waals surface area (Å²) in [6.07, 6.45) is 0. The summed E-state index contributed by atoms with van der Waals surface area (Å²) in [5.74, 6) is -10.1. The second kappa shape index (κ2) is 5.68. The van der Waals surface area contributed by atoms with E-state index in [4.69, 9.17) is 5.11 Å². The fraction of sp³-hybridized carbons (Fsp3) is 0.400. The minimum atomic E-state index is -2.16. The molecule has 0 aliphatic carbocycles. The molecule has 1 atom stereocenters. The number of aliphatic hydroxyl groups excluding tert-OH is 1. The third-order valence-electron chi connectivity index (χ3n) is 2.07. The first-order chi connectivity index (χ1) is 7.90. The highest BCUT2D eigenvalue weighted by Crippen LogP contribution is 2.27. The van der Waals surface area contributed by atoms with Crippen molar-refractivity contribution in [1.29, 1.82) is 0 Å². The second-order valence-corrected chi connectivity index (χ2v) is 4.78. The van der Waals surface area contributed by atoms with E-state index in [1.54, 1.807) is 6.92 Å². The van der Waals surface area contributed by atoms with Crippen LogP contribution in [0.2, 0.25) is 0 Å². The first kappa shape index (κ1) is 14.2. The Morgan fingerprint density at radius 1 is 0.941 bits per heavy atom. The largest absolute Gasteiger partial charge is 0.395 e. The van der Waals surface area contributed by atoms with E-state index < -0.39 is 40.4 Å². The fourth-order valence-corrected chi connectivity index (χ4v) is 1.87. The molecule has 0 bridgehead atoms. The van der Waals surface area contributed by atoms with Gasteiger partial charge in [0.05, 0.1) is 6.61 Å². The Labute approximate surface area is 98.6 Å². The molecule has 1 aromatic rings. The van der Waals surface area contributed by atoms with Crippen LogP contribution in [-0.2, 0) is 5.75 Å². The van der Waals surface area contributed by atoms with Gasteiger partial charge in [0.2, 0.25) is 5.82 Å². The molecule has 0 amide bonds. The minimum Gasteiger partial charge on any atom is -0.395 e. The van der Waals surface area contributed by atoms with E-state index in [9.17, 15) is 22.0 Å². The molecule has 0 aromatic heterocycles. The van der Waals surface area contributed by atoms with Crippen molar-refractivity contribution in [2.24, 2.45) is 0 Å². The van der Waals surface area contributed by atoms with E-state index in [-0.39, 0.29) is 11.9 Å². The Hall–Kier alpha value is -0.820. The fourth-order valence-electron chi connectivity index (χ4n) is 1.06. The number of hydrogen-bond donors (Lipinski definition) is 1. The van der Waals surface area contributed by atoms with Gasteiger partial charge in [-0.05, 0) is 0 Å². The zero-order valence-corrected chi connectivity index (χ0v) is 9.55.